The molecule has 2 N–H and O–H groups in total. The summed E-state index contributed by atoms with van der Waals surface area (Å²) >= 11 is 0.150. The van der Waals surface area contributed by atoms with Gasteiger partial charge in [-0.15, -0.1) is 0 Å². The Morgan fingerprint density at radius 1 is 0.667 bits per heavy atom. The molecule has 2 fully saturated rings. The van der Waals surface area contributed by atoms with Crippen LogP contribution in [0.2, 0.25) is 14.8 Å². The number of rotatable bonds is 14. The fourth-order valence-corrected chi connectivity index (χ4v) is 9.70. The molecule has 0 unspecified atom stereocenters. The number of halogens is 1. The summed E-state index contributed by atoms with van der Waals surface area (Å²) < 4.78 is 25.3. The third-order valence-electron chi connectivity index (χ3n) is 10.2. The summed E-state index contributed by atoms with van der Waals surface area (Å²) in [6, 6.07) is 20.9. The maximum Gasteiger partial charge on any atom is 0.410 e. The maximum atomic E-state index is 12.2. The first-order valence-corrected chi connectivity index (χ1v) is 33.0. The minimum Gasteiger partial charge on any atom is -0.490 e. The zero-order valence-electron chi connectivity index (χ0n) is 38.7. The molecule has 0 aliphatic carbocycles. The molecule has 0 saturated carbocycles. The first-order chi connectivity index (χ1) is 29.7. The Balaban J connectivity index is 0.000000227. The van der Waals surface area contributed by atoms with Crippen molar-refractivity contribution >= 4 is 56.7 Å². The number of carbonyl (C=O) groups excluding carboxylic acids is 2. The van der Waals surface area contributed by atoms with Crippen LogP contribution in [0, 0.1) is 3.57 Å². The van der Waals surface area contributed by atoms with Crippen LogP contribution in [0.5, 0.6) is 11.5 Å². The van der Waals surface area contributed by atoms with Crippen molar-refractivity contribution < 1.29 is 38.7 Å². The average molecular weight is 1090 g/mol. The van der Waals surface area contributed by atoms with Gasteiger partial charge in [-0.3, -0.25) is 4.98 Å². The summed E-state index contributed by atoms with van der Waals surface area (Å²) in [6.45, 7) is 14.1. The Kier molecular flexibility index (Phi) is 20.3. The van der Waals surface area contributed by atoms with Crippen molar-refractivity contribution in [2.75, 3.05) is 39.5 Å². The van der Waals surface area contributed by atoms with Gasteiger partial charge in [-0.2, -0.15) is 0 Å². The second-order valence-corrected chi connectivity index (χ2v) is 34.6. The van der Waals surface area contributed by atoms with Crippen molar-refractivity contribution in [3.63, 3.8) is 0 Å². The molecule has 12 nitrogen and oxygen atoms in total. The van der Waals surface area contributed by atoms with E-state index in [0.717, 1.165) is 61.9 Å². The predicted molar refractivity (Wildman–Crippen MR) is 261 cm³/mol. The number of nitrogens with zero attached hydrogens (tertiary/aromatic N) is 4. The normalized spacial score (nSPS) is 15.9. The van der Waals surface area contributed by atoms with E-state index < -0.39 is 29.6 Å². The van der Waals surface area contributed by atoms with Crippen LogP contribution < -0.4 is 13.1 Å². The largest absolute Gasteiger partial charge is 0.490 e. The second kappa shape index (κ2) is 24.6. The summed E-state index contributed by atoms with van der Waals surface area (Å²) in [6.07, 6.45) is 12.0. The molecular weight excluding hydrogens is 1020 g/mol. The van der Waals surface area contributed by atoms with Gasteiger partial charge in [0, 0.05) is 35.1 Å². The topological polar surface area (TPSA) is 144 Å². The van der Waals surface area contributed by atoms with Gasteiger partial charge in [0.2, 0.25) is 0 Å². The molecule has 344 valence electrons. The van der Waals surface area contributed by atoms with Crippen LogP contribution in [-0.2, 0) is 22.3 Å². The average Bonchev–Trinajstić information content (AvgIpc) is 3.18. The van der Waals surface area contributed by atoms with E-state index in [-0.39, 0.29) is 37.5 Å². The van der Waals surface area contributed by atoms with Gasteiger partial charge in [0.25, 0.3) is 0 Å². The molecule has 0 spiro atoms. The molecule has 2 aliphatic heterocycles. The zero-order chi connectivity index (χ0) is 46.2. The summed E-state index contributed by atoms with van der Waals surface area (Å²) in [5, 5.41) is 17.5. The number of amides is 2. The van der Waals surface area contributed by atoms with Gasteiger partial charge in [0.05, 0.1) is 12.2 Å². The van der Waals surface area contributed by atoms with E-state index in [1.165, 1.54) is 18.3 Å². The number of aliphatic hydroxyl groups is 2. The standard InChI is InChI=1S/C23H30N2O4.C14H19N2O3.C9H11IO.3CH3.Sn/c1-23(2,3)29-22(27)25-11-10-20(25)16-28-21-13-19(14-24-15-21)18-8-6-17(7-9-18)5-4-12-26;1-14(2,3)19-13(17)16-8-6-11(16)10-18-12-5-4-7-15-9-12;10-9-5-3-8(4-6-9)2-1-7-11;;;;/h6-9,13-15,20,26H,4-5,10-12,16H2,1-3H3;5,7,9,11H,6,8,10H2,1-3H3;3-6,11H,1-2,7H2;3*1H3;/t20-;11-;;;;;/m00...../s1. The maximum absolute atomic E-state index is 12.2. The van der Waals surface area contributed by atoms with Crippen molar-refractivity contribution in [3.05, 3.63) is 100 Å². The number of hydrogen-bond acceptors (Lipinski definition) is 10. The Morgan fingerprint density at radius 2 is 1.11 bits per heavy atom. The van der Waals surface area contributed by atoms with Crippen molar-refractivity contribution in [1.82, 2.24) is 19.8 Å². The Labute approximate surface area is 393 Å². The molecule has 14 heteroatoms. The van der Waals surface area contributed by atoms with Gasteiger partial charge in [-0.1, -0.05) is 36.4 Å². The van der Waals surface area contributed by atoms with Crippen LogP contribution in [0.4, 0.5) is 9.59 Å². The number of aryl methyl sites for hydroxylation is 2. The molecule has 0 bridgehead atoms. The minimum atomic E-state index is -2.13. The molecule has 2 saturated heterocycles. The van der Waals surface area contributed by atoms with Gasteiger partial charge >= 0.3 is 149 Å². The number of ether oxygens (including phenoxy) is 4. The van der Waals surface area contributed by atoms with Gasteiger partial charge in [-0.05, 0) is 110 Å². The van der Waals surface area contributed by atoms with Crippen molar-refractivity contribution in [3.8, 4) is 22.6 Å². The van der Waals surface area contributed by atoms with Crippen LogP contribution in [0.1, 0.15) is 78.4 Å². The SMILES string of the molecule is CC(C)(C)OC(=O)N1CC[C@H]1COc1cnc[c]([Sn]([CH3])([CH3])[CH3])c1.CC(C)(C)OC(=O)N1CC[C@H]1COc1cncc(-c2ccc(CCCO)cc2)c1.OCCCc1ccc(I)cc1. The third-order valence-corrected chi connectivity index (χ3v) is 16.6. The number of aromatic nitrogens is 2. The second-order valence-electron chi connectivity index (χ2n) is 18.9. The van der Waals surface area contributed by atoms with E-state index in [2.05, 4.69) is 102 Å². The van der Waals surface area contributed by atoms with E-state index in [4.69, 9.17) is 29.2 Å². The number of pyridine rings is 2. The van der Waals surface area contributed by atoms with E-state index in [1.807, 2.05) is 60.0 Å². The number of aliphatic hydroxyl groups excluding tert-OH is 2. The van der Waals surface area contributed by atoms with Gasteiger partial charge in [0.15, 0.2) is 0 Å². The summed E-state index contributed by atoms with van der Waals surface area (Å²) in [4.78, 5) is 43.4. The van der Waals surface area contributed by atoms with E-state index >= 15 is 0 Å². The molecule has 63 heavy (non-hydrogen) atoms. The summed E-state index contributed by atoms with van der Waals surface area (Å²) in [5.74, 6) is 1.48. The number of carbonyl (C=O) groups is 2. The first-order valence-electron chi connectivity index (χ1n) is 22.0. The van der Waals surface area contributed by atoms with Crippen LogP contribution in [0.15, 0.2) is 85.5 Å². The quantitative estimate of drug-likeness (QED) is 0.0927. The Morgan fingerprint density at radius 3 is 1.52 bits per heavy atom. The Hall–Kier alpha value is -3.67. The smallest absolute Gasteiger partial charge is 0.410 e. The van der Waals surface area contributed by atoms with Gasteiger partial charge in [0.1, 0.15) is 18.0 Å². The van der Waals surface area contributed by atoms with Crippen LogP contribution >= 0.6 is 22.6 Å². The molecule has 2 aliphatic rings. The molecule has 2 amide bonds. The minimum absolute atomic E-state index is 0.0271. The molecular formula is C49H69IN4O8Sn. The van der Waals surface area contributed by atoms with Crippen molar-refractivity contribution in [1.29, 1.82) is 0 Å². The van der Waals surface area contributed by atoms with Crippen molar-refractivity contribution in [2.24, 2.45) is 0 Å². The fraction of sp³-hybridized carbons (Fsp3) is 0.510. The molecule has 4 heterocycles. The summed E-state index contributed by atoms with van der Waals surface area (Å²) in [5.41, 5.74) is 3.60. The third kappa shape index (κ3) is 18.4. The molecule has 0 radical (unpaired) electrons. The zero-order valence-corrected chi connectivity index (χ0v) is 43.7. The van der Waals surface area contributed by atoms with E-state index in [0.29, 0.717) is 25.5 Å². The number of benzene rings is 2. The number of likely N-dealkylation sites (tertiary alicyclic amines) is 2. The van der Waals surface area contributed by atoms with Crippen molar-refractivity contribution in [2.45, 2.75) is 118 Å². The van der Waals surface area contributed by atoms with Gasteiger partial charge < -0.3 is 24.6 Å². The van der Waals surface area contributed by atoms with Crippen LogP contribution in [0.3, 0.4) is 0 Å². The molecule has 2 atom stereocenters. The van der Waals surface area contributed by atoms with E-state index in [1.54, 1.807) is 22.2 Å². The number of hydrogen-bond donors (Lipinski definition) is 2. The first kappa shape index (κ1) is 52.0. The fourth-order valence-electron chi connectivity index (χ4n) is 6.38. The van der Waals surface area contributed by atoms with Crippen LogP contribution in [0.25, 0.3) is 11.1 Å². The molecule has 2 aromatic heterocycles. The Bertz CT molecular complexity index is 2020. The van der Waals surface area contributed by atoms with Crippen LogP contribution in [-0.4, -0.2) is 123 Å². The van der Waals surface area contributed by atoms with Gasteiger partial charge in [-0.25, -0.2) is 4.79 Å². The molecule has 6 rings (SSSR count). The monoisotopic (exact) mass is 1090 g/mol. The summed E-state index contributed by atoms with van der Waals surface area (Å²) in [7, 11) is 0. The molecule has 4 aromatic rings. The van der Waals surface area contributed by atoms with E-state index in [9.17, 15) is 9.59 Å². The predicted octanol–water partition coefficient (Wildman–Crippen LogP) is 9.29. The molecule has 2 aromatic carbocycles.